The number of para-hydroxylation sites is 1. The van der Waals surface area contributed by atoms with Gasteiger partial charge in [0, 0.05) is 12.3 Å². The van der Waals surface area contributed by atoms with Crippen LogP contribution in [0.4, 0.5) is 0 Å². The Kier molecular flexibility index (Phi) is 9.02. The minimum Gasteiger partial charge on any atom is -0.465 e. The number of hydrogen-bond donors (Lipinski definition) is 2. The van der Waals surface area contributed by atoms with Gasteiger partial charge < -0.3 is 14.0 Å². The molecule has 2 heterocycles. The molecular weight excluding hydrogens is 453 g/mol. The zero-order valence-corrected chi connectivity index (χ0v) is 19.2. The van der Waals surface area contributed by atoms with Gasteiger partial charge in [-0.05, 0) is 31.4 Å². The average molecular weight is 481 g/mol. The number of benzene rings is 1. The zero-order valence-electron chi connectivity index (χ0n) is 18.3. The first-order valence-electron chi connectivity index (χ1n) is 10.8. The largest absolute Gasteiger partial charge is 0.465 e. The molecule has 2 unspecified atom stereocenters. The lowest BCUT2D eigenvalue weighted by Crippen LogP contribution is -2.32. The van der Waals surface area contributed by atoms with Gasteiger partial charge in [-0.15, -0.1) is 0 Å². The summed E-state index contributed by atoms with van der Waals surface area (Å²) in [5.74, 6) is -0.267. The van der Waals surface area contributed by atoms with Gasteiger partial charge in [0.1, 0.15) is 18.5 Å². The first-order valence-corrected chi connectivity index (χ1v) is 12.3. The summed E-state index contributed by atoms with van der Waals surface area (Å²) < 4.78 is 36.6. The van der Waals surface area contributed by atoms with Crippen molar-refractivity contribution in [2.45, 2.75) is 44.9 Å². The molecule has 11 nitrogen and oxygen atoms in total. The Morgan fingerprint density at radius 2 is 2.03 bits per heavy atom. The van der Waals surface area contributed by atoms with E-state index in [1.165, 1.54) is 16.8 Å². The molecule has 0 amide bonds. The Labute approximate surface area is 190 Å². The molecule has 2 aromatic rings. The molecule has 1 aromatic heterocycles. The molecule has 3 rings (SSSR count). The summed E-state index contributed by atoms with van der Waals surface area (Å²) in [6, 6.07) is 9.67. The Hall–Kier alpha value is -2.72. The lowest BCUT2D eigenvalue weighted by Gasteiger charge is -2.22. The third-order valence-corrected chi connectivity index (χ3v) is 6.31. The van der Waals surface area contributed by atoms with E-state index in [0.717, 1.165) is 12.8 Å². The van der Waals surface area contributed by atoms with Crippen molar-refractivity contribution in [3.8, 4) is 5.75 Å². The van der Waals surface area contributed by atoms with Gasteiger partial charge in [-0.3, -0.25) is 23.7 Å². The normalized spacial score (nSPS) is 19.7. The van der Waals surface area contributed by atoms with Crippen LogP contribution in [0.2, 0.25) is 0 Å². The average Bonchev–Trinajstić information content (AvgIpc) is 3.26. The van der Waals surface area contributed by atoms with Gasteiger partial charge in [0.15, 0.2) is 0 Å². The Morgan fingerprint density at radius 1 is 1.24 bits per heavy atom. The van der Waals surface area contributed by atoms with Crippen LogP contribution in [-0.4, -0.2) is 41.4 Å². The lowest BCUT2D eigenvalue weighted by atomic mass is 10.2. The molecule has 0 spiro atoms. The van der Waals surface area contributed by atoms with Crippen LogP contribution < -0.4 is 20.9 Å². The van der Waals surface area contributed by atoms with Gasteiger partial charge in [0.2, 0.25) is 0 Å². The minimum absolute atomic E-state index is 0.101. The van der Waals surface area contributed by atoms with Gasteiger partial charge in [-0.1, -0.05) is 31.5 Å². The maximum Gasteiger partial charge on any atom is 0.459 e. The third kappa shape index (κ3) is 7.68. The first kappa shape index (κ1) is 24.9. The van der Waals surface area contributed by atoms with Crippen molar-refractivity contribution in [2.24, 2.45) is 0 Å². The van der Waals surface area contributed by atoms with Crippen LogP contribution in [0, 0.1) is 0 Å². The lowest BCUT2D eigenvalue weighted by molar-refractivity contribution is -0.142. The highest BCUT2D eigenvalue weighted by Crippen LogP contribution is 2.45. The second-order valence-corrected chi connectivity index (χ2v) is 9.17. The van der Waals surface area contributed by atoms with Crippen molar-refractivity contribution >= 4 is 13.7 Å². The molecule has 1 aromatic carbocycles. The van der Waals surface area contributed by atoms with Gasteiger partial charge >= 0.3 is 19.4 Å². The van der Waals surface area contributed by atoms with Crippen LogP contribution >= 0.6 is 7.75 Å². The molecule has 1 saturated heterocycles. The fourth-order valence-corrected chi connectivity index (χ4v) is 4.41. The van der Waals surface area contributed by atoms with E-state index in [0.29, 0.717) is 18.6 Å². The smallest absolute Gasteiger partial charge is 0.459 e. The summed E-state index contributed by atoms with van der Waals surface area (Å²) in [5, 5.41) is 2.54. The van der Waals surface area contributed by atoms with Crippen LogP contribution in [0.3, 0.4) is 0 Å². The minimum atomic E-state index is -3.94. The summed E-state index contributed by atoms with van der Waals surface area (Å²) in [5.41, 5.74) is -1.07. The number of esters is 1. The van der Waals surface area contributed by atoms with Crippen molar-refractivity contribution in [2.75, 3.05) is 19.8 Å². The van der Waals surface area contributed by atoms with Gasteiger partial charge in [-0.25, -0.2) is 14.4 Å². The molecule has 3 atom stereocenters. The number of nitrogens with one attached hydrogen (secondary N) is 2. The summed E-state index contributed by atoms with van der Waals surface area (Å²) >= 11 is 0. The van der Waals surface area contributed by atoms with Gasteiger partial charge in [-0.2, -0.15) is 0 Å². The molecule has 1 aliphatic heterocycles. The molecule has 33 heavy (non-hydrogen) atoms. The maximum atomic E-state index is 13.3. The van der Waals surface area contributed by atoms with E-state index in [9.17, 15) is 18.9 Å². The SMILES string of the molecule is CCCCOC(=O)CNP(=O)(OCC1CC[C@H](n2ccc(=O)[nH]c2=O)O1)Oc1ccccc1. The van der Waals surface area contributed by atoms with Crippen LogP contribution in [0.25, 0.3) is 0 Å². The fourth-order valence-electron chi connectivity index (χ4n) is 3.12. The molecule has 0 saturated carbocycles. The van der Waals surface area contributed by atoms with Crippen LogP contribution in [0.15, 0.2) is 52.2 Å². The second kappa shape index (κ2) is 11.9. The van der Waals surface area contributed by atoms with Crippen molar-refractivity contribution < 1.29 is 27.9 Å². The number of aromatic nitrogens is 2. The monoisotopic (exact) mass is 481 g/mol. The van der Waals surface area contributed by atoms with Crippen molar-refractivity contribution in [1.82, 2.24) is 14.6 Å². The van der Waals surface area contributed by atoms with E-state index in [1.807, 2.05) is 6.92 Å². The number of carbonyl (C=O) groups is 1. The fraction of sp³-hybridized carbons (Fsp3) is 0.476. The number of unbranched alkanes of at least 4 members (excludes halogenated alkanes) is 1. The third-order valence-electron chi connectivity index (χ3n) is 4.82. The van der Waals surface area contributed by atoms with Crippen molar-refractivity contribution in [3.05, 3.63) is 63.4 Å². The predicted molar refractivity (Wildman–Crippen MR) is 119 cm³/mol. The van der Waals surface area contributed by atoms with Gasteiger partial charge in [0.05, 0.1) is 19.3 Å². The summed E-state index contributed by atoms with van der Waals surface area (Å²) in [4.78, 5) is 37.3. The maximum absolute atomic E-state index is 13.3. The summed E-state index contributed by atoms with van der Waals surface area (Å²) in [7, 11) is -3.94. The molecule has 1 fully saturated rings. The Balaban J connectivity index is 1.60. The molecule has 0 bridgehead atoms. The van der Waals surface area contributed by atoms with E-state index in [4.69, 9.17) is 18.5 Å². The topological polar surface area (TPSA) is 138 Å². The zero-order chi connectivity index (χ0) is 23.7. The number of rotatable bonds is 12. The molecule has 180 valence electrons. The number of carbonyl (C=O) groups excluding carboxylic acids is 1. The van der Waals surface area contributed by atoms with Crippen molar-refractivity contribution in [3.63, 3.8) is 0 Å². The first-order chi connectivity index (χ1) is 15.9. The highest BCUT2D eigenvalue weighted by Gasteiger charge is 2.33. The molecule has 2 N–H and O–H groups in total. The Morgan fingerprint density at radius 3 is 2.76 bits per heavy atom. The van der Waals surface area contributed by atoms with Crippen LogP contribution in [-0.2, 0) is 23.4 Å². The quantitative estimate of drug-likeness (QED) is 0.266. The Bertz CT molecular complexity index is 1070. The molecule has 0 aliphatic carbocycles. The number of aromatic amines is 1. The summed E-state index contributed by atoms with van der Waals surface area (Å²) in [6.45, 7) is 1.81. The molecule has 1 aliphatic rings. The number of nitrogens with zero attached hydrogens (tertiary/aromatic N) is 1. The number of ether oxygens (including phenoxy) is 2. The number of H-pyrrole nitrogens is 1. The molecule has 0 radical (unpaired) electrons. The van der Waals surface area contributed by atoms with Gasteiger partial charge in [0.25, 0.3) is 5.56 Å². The second-order valence-electron chi connectivity index (χ2n) is 7.41. The number of hydrogen-bond acceptors (Lipinski definition) is 8. The van der Waals surface area contributed by atoms with E-state index in [1.54, 1.807) is 30.3 Å². The molecule has 12 heteroatoms. The van der Waals surface area contributed by atoms with Crippen LogP contribution in [0.1, 0.15) is 38.8 Å². The van der Waals surface area contributed by atoms with E-state index >= 15 is 0 Å². The van der Waals surface area contributed by atoms with Crippen LogP contribution in [0.5, 0.6) is 5.75 Å². The highest BCUT2D eigenvalue weighted by atomic mass is 31.2. The summed E-state index contributed by atoms with van der Waals surface area (Å²) in [6.07, 6.45) is 2.95. The molecular formula is C21H28N3O8P. The van der Waals surface area contributed by atoms with E-state index < -0.39 is 37.3 Å². The van der Waals surface area contributed by atoms with Crippen molar-refractivity contribution in [1.29, 1.82) is 0 Å². The highest BCUT2D eigenvalue weighted by molar-refractivity contribution is 7.52. The standard InChI is InChI=1S/C21H28N3O8P/c1-2-3-13-29-20(26)14-22-33(28,32-16-7-5-4-6-8-16)30-15-17-9-10-19(31-17)24-12-11-18(25)23-21(24)27/h4-8,11-12,17,19H,2-3,9-10,13-15H2,1H3,(H,22,28)(H,23,25,27)/t17?,19-,33?/m1/s1. The van der Waals surface area contributed by atoms with E-state index in [-0.39, 0.29) is 19.8 Å². The van der Waals surface area contributed by atoms with E-state index in [2.05, 4.69) is 10.1 Å². The predicted octanol–water partition coefficient (Wildman–Crippen LogP) is 2.35.